The molecule has 0 N–H and O–H groups in total. The molecule has 0 heterocycles. The van der Waals surface area contributed by atoms with Crippen molar-refractivity contribution in [3.05, 3.63) is 0 Å². The highest BCUT2D eigenvalue weighted by Crippen LogP contribution is 2.18. The van der Waals surface area contributed by atoms with Crippen LogP contribution in [-0.2, 0) is 9.53 Å². The molecule has 0 bridgehead atoms. The molecule has 120 valence electrons. The summed E-state index contributed by atoms with van der Waals surface area (Å²) in [6.07, 6.45) is 14.6. The van der Waals surface area contributed by atoms with Crippen LogP contribution >= 0.6 is 0 Å². The second-order valence-electron chi connectivity index (χ2n) is 5.92. The quantitative estimate of drug-likeness (QED) is 0.294. The first-order valence-corrected chi connectivity index (χ1v) is 8.92. The molecule has 0 aromatic carbocycles. The molecule has 0 rings (SSSR count). The van der Waals surface area contributed by atoms with Gasteiger partial charge in [0.2, 0.25) is 0 Å². The molecular formula is C18H36O2. The van der Waals surface area contributed by atoms with Crippen LogP contribution in [0.1, 0.15) is 97.8 Å². The van der Waals surface area contributed by atoms with Gasteiger partial charge in [-0.1, -0.05) is 78.6 Å². The standard InChI is InChI=1S/C18H36O2/c1-4-7-8-9-10-11-12-13-15-17(14-5-2)18(19)20-16-6-3/h17H,4-16H2,1-3H3. The number of hydrogen-bond acceptors (Lipinski definition) is 2. The van der Waals surface area contributed by atoms with Gasteiger partial charge < -0.3 is 4.74 Å². The highest BCUT2D eigenvalue weighted by atomic mass is 16.5. The summed E-state index contributed by atoms with van der Waals surface area (Å²) in [5.74, 6) is 0.184. The summed E-state index contributed by atoms with van der Waals surface area (Å²) in [6.45, 7) is 7.02. The Morgan fingerprint density at radius 1 is 0.750 bits per heavy atom. The molecule has 0 fully saturated rings. The number of ether oxygens (including phenoxy) is 1. The Bertz CT molecular complexity index is 213. The molecule has 0 aliphatic rings. The number of unbranched alkanes of at least 4 members (excludes halogenated alkanes) is 7. The Morgan fingerprint density at radius 2 is 1.35 bits per heavy atom. The van der Waals surface area contributed by atoms with Gasteiger partial charge in [0, 0.05) is 0 Å². The van der Waals surface area contributed by atoms with E-state index in [4.69, 9.17) is 4.74 Å². The zero-order valence-corrected chi connectivity index (χ0v) is 14.1. The van der Waals surface area contributed by atoms with Crippen LogP contribution in [0.25, 0.3) is 0 Å². The van der Waals surface area contributed by atoms with Gasteiger partial charge in [0.1, 0.15) is 0 Å². The maximum Gasteiger partial charge on any atom is 0.308 e. The van der Waals surface area contributed by atoms with E-state index < -0.39 is 0 Å². The van der Waals surface area contributed by atoms with E-state index in [-0.39, 0.29) is 11.9 Å². The van der Waals surface area contributed by atoms with Crippen molar-refractivity contribution in [2.45, 2.75) is 97.8 Å². The fourth-order valence-electron chi connectivity index (χ4n) is 2.57. The lowest BCUT2D eigenvalue weighted by Crippen LogP contribution is -2.18. The molecule has 0 radical (unpaired) electrons. The summed E-state index contributed by atoms with van der Waals surface area (Å²) in [5, 5.41) is 0. The molecule has 1 atom stereocenters. The molecule has 2 nitrogen and oxygen atoms in total. The van der Waals surface area contributed by atoms with E-state index in [1.54, 1.807) is 0 Å². The third-order valence-electron chi connectivity index (χ3n) is 3.83. The van der Waals surface area contributed by atoms with Crippen molar-refractivity contribution in [1.82, 2.24) is 0 Å². The van der Waals surface area contributed by atoms with E-state index in [2.05, 4.69) is 13.8 Å². The Labute approximate surface area is 126 Å². The largest absolute Gasteiger partial charge is 0.465 e. The number of carbonyl (C=O) groups excluding carboxylic acids is 1. The molecule has 0 spiro atoms. The van der Waals surface area contributed by atoms with Gasteiger partial charge in [0.05, 0.1) is 12.5 Å². The van der Waals surface area contributed by atoms with Gasteiger partial charge in [-0.15, -0.1) is 0 Å². The van der Waals surface area contributed by atoms with E-state index in [1.807, 2.05) is 6.92 Å². The van der Waals surface area contributed by atoms with Gasteiger partial charge in [-0.25, -0.2) is 0 Å². The van der Waals surface area contributed by atoms with E-state index in [0.717, 1.165) is 25.7 Å². The fourth-order valence-corrected chi connectivity index (χ4v) is 2.57. The summed E-state index contributed by atoms with van der Waals surface area (Å²) < 4.78 is 5.29. The van der Waals surface area contributed by atoms with Gasteiger partial charge in [-0.2, -0.15) is 0 Å². The van der Waals surface area contributed by atoms with Crippen molar-refractivity contribution in [1.29, 1.82) is 0 Å². The number of hydrogen-bond donors (Lipinski definition) is 0. The van der Waals surface area contributed by atoms with Crippen molar-refractivity contribution >= 4 is 5.97 Å². The van der Waals surface area contributed by atoms with Crippen LogP contribution in [0.15, 0.2) is 0 Å². The third-order valence-corrected chi connectivity index (χ3v) is 3.83. The SMILES string of the molecule is CCCCCCCCCCC(CCC)C(=O)OCCC. The summed E-state index contributed by atoms with van der Waals surface area (Å²) in [5.41, 5.74) is 0. The van der Waals surface area contributed by atoms with E-state index >= 15 is 0 Å². The van der Waals surface area contributed by atoms with Gasteiger partial charge in [0.15, 0.2) is 0 Å². The van der Waals surface area contributed by atoms with Crippen molar-refractivity contribution < 1.29 is 9.53 Å². The first-order chi connectivity index (χ1) is 9.76. The Balaban J connectivity index is 3.62. The molecule has 1 unspecified atom stereocenters. The van der Waals surface area contributed by atoms with Crippen LogP contribution in [0.3, 0.4) is 0 Å². The van der Waals surface area contributed by atoms with Gasteiger partial charge in [-0.3, -0.25) is 4.79 Å². The first kappa shape index (κ1) is 19.5. The highest BCUT2D eigenvalue weighted by molar-refractivity contribution is 5.72. The first-order valence-electron chi connectivity index (χ1n) is 8.92. The van der Waals surface area contributed by atoms with Crippen LogP contribution in [0.5, 0.6) is 0 Å². The summed E-state index contributed by atoms with van der Waals surface area (Å²) in [6, 6.07) is 0. The predicted molar refractivity (Wildman–Crippen MR) is 86.9 cm³/mol. The Kier molecular flexibility index (Phi) is 14.5. The summed E-state index contributed by atoms with van der Waals surface area (Å²) in [4.78, 5) is 11.9. The van der Waals surface area contributed by atoms with Crippen LogP contribution in [0.4, 0.5) is 0 Å². The maximum atomic E-state index is 11.9. The van der Waals surface area contributed by atoms with Crippen molar-refractivity contribution in [2.24, 2.45) is 5.92 Å². The average molecular weight is 284 g/mol. The highest BCUT2D eigenvalue weighted by Gasteiger charge is 2.18. The third kappa shape index (κ3) is 11.3. The molecular weight excluding hydrogens is 248 g/mol. The molecule has 0 aliphatic heterocycles. The molecule has 2 heteroatoms. The van der Waals surface area contributed by atoms with Crippen molar-refractivity contribution in [3.8, 4) is 0 Å². The lowest BCUT2D eigenvalue weighted by Gasteiger charge is -2.14. The predicted octanol–water partition coefficient (Wildman–Crippen LogP) is 5.89. The summed E-state index contributed by atoms with van der Waals surface area (Å²) >= 11 is 0. The van der Waals surface area contributed by atoms with Crippen molar-refractivity contribution in [2.75, 3.05) is 6.61 Å². The molecule has 0 aromatic heterocycles. The minimum atomic E-state index is 0.0386. The molecule has 20 heavy (non-hydrogen) atoms. The average Bonchev–Trinajstić information content (AvgIpc) is 2.46. The monoisotopic (exact) mass is 284 g/mol. The number of carbonyl (C=O) groups is 1. The van der Waals surface area contributed by atoms with Crippen LogP contribution in [0.2, 0.25) is 0 Å². The molecule has 0 aliphatic carbocycles. The lowest BCUT2D eigenvalue weighted by molar-refractivity contribution is -0.149. The smallest absolute Gasteiger partial charge is 0.308 e. The fraction of sp³-hybridized carbons (Fsp3) is 0.944. The number of esters is 1. The Hall–Kier alpha value is -0.530. The maximum absolute atomic E-state index is 11.9. The van der Waals surface area contributed by atoms with Crippen LogP contribution in [0, 0.1) is 5.92 Å². The zero-order chi connectivity index (χ0) is 15.1. The lowest BCUT2D eigenvalue weighted by atomic mass is 9.96. The molecule has 0 saturated heterocycles. The Morgan fingerprint density at radius 3 is 1.90 bits per heavy atom. The van der Waals surface area contributed by atoms with E-state index in [1.165, 1.54) is 51.4 Å². The van der Waals surface area contributed by atoms with Gasteiger partial charge in [-0.05, 0) is 19.3 Å². The van der Waals surface area contributed by atoms with E-state index in [0.29, 0.717) is 6.61 Å². The second kappa shape index (κ2) is 14.9. The minimum absolute atomic E-state index is 0.0386. The minimum Gasteiger partial charge on any atom is -0.465 e. The van der Waals surface area contributed by atoms with Gasteiger partial charge >= 0.3 is 5.97 Å². The molecule has 0 saturated carbocycles. The van der Waals surface area contributed by atoms with Crippen LogP contribution < -0.4 is 0 Å². The summed E-state index contributed by atoms with van der Waals surface area (Å²) in [7, 11) is 0. The second-order valence-corrected chi connectivity index (χ2v) is 5.92. The molecule has 0 amide bonds. The number of rotatable bonds is 14. The van der Waals surface area contributed by atoms with E-state index in [9.17, 15) is 4.79 Å². The van der Waals surface area contributed by atoms with Gasteiger partial charge in [0.25, 0.3) is 0 Å². The normalized spacial score (nSPS) is 12.3. The van der Waals surface area contributed by atoms with Crippen molar-refractivity contribution in [3.63, 3.8) is 0 Å². The molecule has 0 aromatic rings. The van der Waals surface area contributed by atoms with Crippen LogP contribution in [-0.4, -0.2) is 12.6 Å². The zero-order valence-electron chi connectivity index (χ0n) is 14.1. The topological polar surface area (TPSA) is 26.3 Å².